The number of thiophene rings is 1. The summed E-state index contributed by atoms with van der Waals surface area (Å²) in [4.78, 5) is 21.4. The molecule has 34 heavy (non-hydrogen) atoms. The number of likely N-dealkylation sites (N-methyl/N-ethyl adjacent to an activating group) is 1. The van der Waals surface area contributed by atoms with Gasteiger partial charge in [-0.2, -0.15) is 5.26 Å². The quantitative estimate of drug-likeness (QED) is 0.398. The van der Waals surface area contributed by atoms with Crippen LogP contribution in [-0.2, 0) is 24.3 Å². The minimum atomic E-state index is -0.396. The molecule has 1 N–H and O–H groups in total. The van der Waals surface area contributed by atoms with E-state index in [9.17, 15) is 10.1 Å². The van der Waals surface area contributed by atoms with Gasteiger partial charge in [0, 0.05) is 29.9 Å². The fourth-order valence-electron chi connectivity index (χ4n) is 4.44. The summed E-state index contributed by atoms with van der Waals surface area (Å²) in [6, 6.07) is 10.4. The summed E-state index contributed by atoms with van der Waals surface area (Å²) in [6.45, 7) is 6.53. The molecule has 1 aliphatic rings. The van der Waals surface area contributed by atoms with Crippen LogP contribution in [-0.4, -0.2) is 49.4 Å². The molecule has 1 aliphatic heterocycles. The Morgan fingerprint density at radius 2 is 2.15 bits per heavy atom. The van der Waals surface area contributed by atoms with Gasteiger partial charge >= 0.3 is 0 Å². The van der Waals surface area contributed by atoms with E-state index in [-0.39, 0.29) is 5.91 Å². The standard InChI is InChI=1S/C24H25N7OS2/c1-4-18(22(32)27-23-16(12-25)14-10-11-30(3)13-19(14)33-23)34-24-26-21-20(28-29-24)15-8-6-7-9-17(15)31(21)5-2/h6-9,18H,4-5,10-11,13H2,1-3H3,(H,27,32). The van der Waals surface area contributed by atoms with E-state index in [1.165, 1.54) is 23.1 Å². The average Bonchev–Trinajstić information content (AvgIpc) is 3.35. The maximum absolute atomic E-state index is 13.2. The average molecular weight is 492 g/mol. The minimum absolute atomic E-state index is 0.143. The second kappa shape index (κ2) is 9.33. The highest BCUT2D eigenvalue weighted by Crippen LogP contribution is 2.37. The number of benzene rings is 1. The summed E-state index contributed by atoms with van der Waals surface area (Å²) in [5.41, 5.74) is 4.30. The van der Waals surface area contributed by atoms with Crippen LogP contribution in [0, 0.1) is 11.3 Å². The number of aryl methyl sites for hydroxylation is 1. The highest BCUT2D eigenvalue weighted by atomic mass is 32.2. The van der Waals surface area contributed by atoms with Gasteiger partial charge in [-0.05, 0) is 38.4 Å². The van der Waals surface area contributed by atoms with Crippen LogP contribution in [0.1, 0.15) is 36.3 Å². The van der Waals surface area contributed by atoms with Gasteiger partial charge < -0.3 is 14.8 Å². The minimum Gasteiger partial charge on any atom is -0.324 e. The number of fused-ring (bicyclic) bond motifs is 4. The van der Waals surface area contributed by atoms with Crippen molar-refractivity contribution in [3.8, 4) is 6.07 Å². The number of amides is 1. The van der Waals surface area contributed by atoms with Crippen molar-refractivity contribution in [2.24, 2.45) is 0 Å². The molecule has 0 spiro atoms. The van der Waals surface area contributed by atoms with E-state index in [1.807, 2.05) is 25.1 Å². The molecule has 1 aromatic carbocycles. The smallest absolute Gasteiger partial charge is 0.238 e. The molecular formula is C24H25N7OS2. The Morgan fingerprint density at radius 3 is 2.91 bits per heavy atom. The SMILES string of the molecule is CCC(Sc1nnc2c3ccccc3n(CC)c2n1)C(=O)Nc1sc2c(c1C#N)CCN(C)C2. The molecule has 5 rings (SSSR count). The first-order chi connectivity index (χ1) is 16.5. The van der Waals surface area contributed by atoms with Crippen molar-refractivity contribution in [3.63, 3.8) is 0 Å². The number of nitriles is 1. The van der Waals surface area contributed by atoms with E-state index in [0.717, 1.165) is 58.6 Å². The predicted octanol–water partition coefficient (Wildman–Crippen LogP) is 4.43. The number of hydrogen-bond acceptors (Lipinski definition) is 8. The molecule has 0 saturated carbocycles. The lowest BCUT2D eigenvalue weighted by Gasteiger charge is -2.21. The Bertz CT molecular complexity index is 1430. The number of rotatable bonds is 6. The summed E-state index contributed by atoms with van der Waals surface area (Å²) < 4.78 is 2.12. The third-order valence-corrected chi connectivity index (χ3v) is 8.53. The molecule has 1 amide bonds. The molecule has 8 nitrogen and oxygen atoms in total. The second-order valence-electron chi connectivity index (χ2n) is 8.34. The Kier molecular flexibility index (Phi) is 6.25. The zero-order valence-electron chi connectivity index (χ0n) is 19.3. The van der Waals surface area contributed by atoms with Crippen LogP contribution >= 0.6 is 23.1 Å². The Balaban J connectivity index is 1.40. The van der Waals surface area contributed by atoms with Gasteiger partial charge in [0.25, 0.3) is 0 Å². The van der Waals surface area contributed by atoms with Crippen molar-refractivity contribution in [2.45, 2.75) is 50.2 Å². The number of anilines is 1. The van der Waals surface area contributed by atoms with Crippen molar-refractivity contribution in [1.29, 1.82) is 5.26 Å². The first-order valence-electron chi connectivity index (χ1n) is 11.4. The van der Waals surface area contributed by atoms with Crippen molar-refractivity contribution < 1.29 is 4.79 Å². The van der Waals surface area contributed by atoms with Gasteiger partial charge in [-0.1, -0.05) is 36.9 Å². The first-order valence-corrected chi connectivity index (χ1v) is 13.1. The summed E-state index contributed by atoms with van der Waals surface area (Å²) in [7, 11) is 2.07. The van der Waals surface area contributed by atoms with E-state index in [2.05, 4.69) is 51.1 Å². The van der Waals surface area contributed by atoms with E-state index in [4.69, 9.17) is 4.98 Å². The number of thioether (sulfide) groups is 1. The summed E-state index contributed by atoms with van der Waals surface area (Å²) in [5.74, 6) is -0.143. The molecule has 10 heteroatoms. The highest BCUT2D eigenvalue weighted by molar-refractivity contribution is 8.00. The van der Waals surface area contributed by atoms with Gasteiger partial charge in [0.1, 0.15) is 16.6 Å². The fraction of sp³-hybridized carbons (Fsp3) is 0.375. The lowest BCUT2D eigenvalue weighted by atomic mass is 10.0. The molecule has 0 radical (unpaired) electrons. The monoisotopic (exact) mass is 491 g/mol. The van der Waals surface area contributed by atoms with Crippen LogP contribution in [0.3, 0.4) is 0 Å². The molecule has 1 unspecified atom stereocenters. The number of para-hydroxylation sites is 1. The van der Waals surface area contributed by atoms with Crippen LogP contribution in [0.5, 0.6) is 0 Å². The molecule has 174 valence electrons. The number of carbonyl (C=O) groups excluding carboxylic acids is 1. The maximum Gasteiger partial charge on any atom is 0.238 e. The second-order valence-corrected chi connectivity index (χ2v) is 10.6. The van der Waals surface area contributed by atoms with Gasteiger partial charge in [0.2, 0.25) is 11.1 Å². The Morgan fingerprint density at radius 1 is 1.32 bits per heavy atom. The van der Waals surface area contributed by atoms with E-state index >= 15 is 0 Å². The van der Waals surface area contributed by atoms with Crippen LogP contribution in [0.15, 0.2) is 29.4 Å². The third-order valence-electron chi connectivity index (χ3n) is 6.18. The molecular weight excluding hydrogens is 466 g/mol. The van der Waals surface area contributed by atoms with Crippen LogP contribution < -0.4 is 5.32 Å². The van der Waals surface area contributed by atoms with Crippen molar-refractivity contribution in [1.82, 2.24) is 24.6 Å². The topological polar surface area (TPSA) is 99.7 Å². The molecule has 3 aromatic heterocycles. The number of nitrogens with one attached hydrogen (secondary N) is 1. The lowest BCUT2D eigenvalue weighted by molar-refractivity contribution is -0.115. The molecule has 0 aliphatic carbocycles. The normalized spacial score (nSPS) is 14.8. The number of carbonyl (C=O) groups is 1. The third kappa shape index (κ3) is 3.94. The molecule has 0 fully saturated rings. The zero-order valence-corrected chi connectivity index (χ0v) is 21.0. The largest absolute Gasteiger partial charge is 0.324 e. The molecule has 4 aromatic rings. The zero-order chi connectivity index (χ0) is 23.8. The van der Waals surface area contributed by atoms with Gasteiger partial charge in [-0.3, -0.25) is 4.79 Å². The van der Waals surface area contributed by atoms with Crippen LogP contribution in [0.4, 0.5) is 5.00 Å². The summed E-state index contributed by atoms with van der Waals surface area (Å²) >= 11 is 2.82. The molecule has 1 atom stereocenters. The molecule has 0 saturated heterocycles. The summed E-state index contributed by atoms with van der Waals surface area (Å²) in [5, 5.41) is 23.3. The number of hydrogen-bond donors (Lipinski definition) is 1. The van der Waals surface area contributed by atoms with Gasteiger partial charge in [0.15, 0.2) is 5.65 Å². The molecule has 0 bridgehead atoms. The van der Waals surface area contributed by atoms with Gasteiger partial charge in [-0.15, -0.1) is 21.5 Å². The maximum atomic E-state index is 13.2. The van der Waals surface area contributed by atoms with Crippen LogP contribution in [0.2, 0.25) is 0 Å². The highest BCUT2D eigenvalue weighted by Gasteiger charge is 2.27. The van der Waals surface area contributed by atoms with Gasteiger partial charge in [-0.25, -0.2) is 4.98 Å². The van der Waals surface area contributed by atoms with Crippen molar-refractivity contribution >= 4 is 56.1 Å². The number of nitrogens with zero attached hydrogens (tertiary/aromatic N) is 6. The Labute approximate surface area is 206 Å². The van der Waals surface area contributed by atoms with E-state index in [0.29, 0.717) is 22.1 Å². The fourth-order valence-corrected chi connectivity index (χ4v) is 6.53. The summed E-state index contributed by atoms with van der Waals surface area (Å²) in [6.07, 6.45) is 1.43. The van der Waals surface area contributed by atoms with Crippen LogP contribution in [0.25, 0.3) is 22.1 Å². The van der Waals surface area contributed by atoms with Gasteiger partial charge in [0.05, 0.1) is 16.3 Å². The Hall–Kier alpha value is -3.00. The lowest BCUT2D eigenvalue weighted by Crippen LogP contribution is -2.25. The number of aromatic nitrogens is 4. The van der Waals surface area contributed by atoms with Crippen molar-refractivity contribution in [2.75, 3.05) is 18.9 Å². The van der Waals surface area contributed by atoms with Crippen molar-refractivity contribution in [3.05, 3.63) is 40.3 Å². The first kappa shape index (κ1) is 22.8. The van der Waals surface area contributed by atoms with E-state index < -0.39 is 5.25 Å². The van der Waals surface area contributed by atoms with E-state index in [1.54, 1.807) is 0 Å². The molecule has 4 heterocycles. The predicted molar refractivity (Wildman–Crippen MR) is 136 cm³/mol.